The maximum absolute atomic E-state index is 12.7. The van der Waals surface area contributed by atoms with Crippen LogP contribution in [0.3, 0.4) is 0 Å². The number of hydrogen-bond acceptors (Lipinski definition) is 4. The lowest BCUT2D eigenvalue weighted by Crippen LogP contribution is -2.31. The highest BCUT2D eigenvalue weighted by Crippen LogP contribution is 2.18. The van der Waals surface area contributed by atoms with Gasteiger partial charge in [0.25, 0.3) is 5.91 Å². The van der Waals surface area contributed by atoms with Gasteiger partial charge in [-0.05, 0) is 43.5 Å². The van der Waals surface area contributed by atoms with E-state index in [1.54, 1.807) is 24.4 Å². The lowest BCUT2D eigenvalue weighted by molar-refractivity contribution is -0.130. The summed E-state index contributed by atoms with van der Waals surface area (Å²) < 4.78 is 2.02. The van der Waals surface area contributed by atoms with E-state index < -0.39 is 0 Å². The molecule has 0 spiro atoms. The number of amides is 2. The molecule has 1 aliphatic heterocycles. The highest BCUT2D eigenvalue weighted by Gasteiger charge is 2.20. The van der Waals surface area contributed by atoms with Gasteiger partial charge in [-0.2, -0.15) is 0 Å². The third-order valence-corrected chi connectivity index (χ3v) is 5.25. The summed E-state index contributed by atoms with van der Waals surface area (Å²) in [5.74, 6) is 0.851. The van der Waals surface area contributed by atoms with Gasteiger partial charge in [0.05, 0.1) is 11.0 Å². The summed E-state index contributed by atoms with van der Waals surface area (Å²) in [7, 11) is 0. The summed E-state index contributed by atoms with van der Waals surface area (Å²) in [6, 6.07) is 13.2. The van der Waals surface area contributed by atoms with E-state index in [2.05, 4.69) is 10.3 Å². The van der Waals surface area contributed by atoms with Crippen LogP contribution in [-0.2, 0) is 17.8 Å². The minimum absolute atomic E-state index is 0.148. The fourth-order valence-electron chi connectivity index (χ4n) is 3.73. The van der Waals surface area contributed by atoms with E-state index in [4.69, 9.17) is 4.98 Å². The van der Waals surface area contributed by atoms with Gasteiger partial charge in [-0.3, -0.25) is 14.6 Å². The SMILES string of the molecule is O=C(NCCCc1nc2ccccc2n1CC(=O)N1CCCC1)c1ccccn1. The Morgan fingerprint density at radius 3 is 2.62 bits per heavy atom. The van der Waals surface area contributed by atoms with E-state index in [0.29, 0.717) is 25.2 Å². The van der Waals surface area contributed by atoms with Crippen LogP contribution in [0, 0.1) is 0 Å². The van der Waals surface area contributed by atoms with Gasteiger partial charge in [0.15, 0.2) is 0 Å². The summed E-state index contributed by atoms with van der Waals surface area (Å²) in [6.07, 6.45) is 5.19. The minimum atomic E-state index is -0.177. The molecule has 2 amide bonds. The van der Waals surface area contributed by atoms with E-state index in [1.165, 1.54) is 0 Å². The monoisotopic (exact) mass is 391 g/mol. The Morgan fingerprint density at radius 2 is 1.83 bits per heavy atom. The fourth-order valence-corrected chi connectivity index (χ4v) is 3.73. The summed E-state index contributed by atoms with van der Waals surface area (Å²) in [4.78, 5) is 35.5. The summed E-state index contributed by atoms with van der Waals surface area (Å²) in [5, 5.41) is 2.89. The van der Waals surface area contributed by atoms with Crippen molar-refractivity contribution in [2.45, 2.75) is 32.2 Å². The van der Waals surface area contributed by atoms with Crippen molar-refractivity contribution in [2.75, 3.05) is 19.6 Å². The van der Waals surface area contributed by atoms with Crippen LogP contribution in [0.5, 0.6) is 0 Å². The maximum Gasteiger partial charge on any atom is 0.269 e. The van der Waals surface area contributed by atoms with Crippen LogP contribution in [0.25, 0.3) is 11.0 Å². The predicted octanol–water partition coefficient (Wildman–Crippen LogP) is 2.42. The van der Waals surface area contributed by atoms with Gasteiger partial charge in [0.1, 0.15) is 18.1 Å². The molecule has 0 atom stereocenters. The lowest BCUT2D eigenvalue weighted by atomic mass is 10.2. The minimum Gasteiger partial charge on any atom is -0.351 e. The second-order valence-electron chi connectivity index (χ2n) is 7.27. The van der Waals surface area contributed by atoms with Crippen LogP contribution in [0.4, 0.5) is 0 Å². The van der Waals surface area contributed by atoms with Gasteiger partial charge in [0, 0.05) is 32.3 Å². The van der Waals surface area contributed by atoms with Crippen molar-refractivity contribution in [3.05, 3.63) is 60.2 Å². The van der Waals surface area contributed by atoms with Crippen LogP contribution in [0.1, 0.15) is 35.6 Å². The number of aryl methyl sites for hydroxylation is 1. The highest BCUT2D eigenvalue weighted by molar-refractivity contribution is 5.92. The molecular formula is C22H25N5O2. The van der Waals surface area contributed by atoms with Crippen molar-refractivity contribution < 1.29 is 9.59 Å². The van der Waals surface area contributed by atoms with Crippen LogP contribution in [0.15, 0.2) is 48.7 Å². The zero-order valence-electron chi connectivity index (χ0n) is 16.4. The molecule has 0 radical (unpaired) electrons. The molecule has 150 valence electrons. The molecule has 4 rings (SSSR count). The first-order valence-electron chi connectivity index (χ1n) is 10.1. The molecule has 0 unspecified atom stereocenters. The standard InChI is InChI=1S/C22H25N5O2/c28-21(26-14-5-6-15-26)16-27-19-10-2-1-8-17(19)25-20(27)11-7-13-24-22(29)18-9-3-4-12-23-18/h1-4,8-10,12H,5-7,11,13-16H2,(H,24,29). The van der Waals surface area contributed by atoms with Crippen molar-refractivity contribution in [1.82, 2.24) is 24.8 Å². The molecule has 1 N–H and O–H groups in total. The molecule has 1 aliphatic rings. The second-order valence-corrected chi connectivity index (χ2v) is 7.27. The number of carbonyl (C=O) groups excluding carboxylic acids is 2. The molecule has 1 saturated heterocycles. The molecule has 29 heavy (non-hydrogen) atoms. The average molecular weight is 391 g/mol. The number of para-hydroxylation sites is 2. The number of benzene rings is 1. The van der Waals surface area contributed by atoms with E-state index in [9.17, 15) is 9.59 Å². The van der Waals surface area contributed by atoms with E-state index >= 15 is 0 Å². The molecule has 0 saturated carbocycles. The molecule has 3 heterocycles. The summed E-state index contributed by atoms with van der Waals surface area (Å²) in [5.41, 5.74) is 2.29. The van der Waals surface area contributed by atoms with Gasteiger partial charge < -0.3 is 14.8 Å². The first-order chi connectivity index (χ1) is 14.2. The smallest absolute Gasteiger partial charge is 0.269 e. The van der Waals surface area contributed by atoms with Gasteiger partial charge in [-0.25, -0.2) is 4.98 Å². The number of nitrogens with one attached hydrogen (secondary N) is 1. The predicted molar refractivity (Wildman–Crippen MR) is 110 cm³/mol. The third-order valence-electron chi connectivity index (χ3n) is 5.25. The van der Waals surface area contributed by atoms with Crippen LogP contribution in [0.2, 0.25) is 0 Å². The Labute approximate surface area is 169 Å². The maximum atomic E-state index is 12.7. The van der Waals surface area contributed by atoms with Crippen LogP contribution >= 0.6 is 0 Å². The fraction of sp³-hybridized carbons (Fsp3) is 0.364. The quantitative estimate of drug-likeness (QED) is 0.627. The molecule has 2 aromatic heterocycles. The van der Waals surface area contributed by atoms with Crippen molar-refractivity contribution in [2.24, 2.45) is 0 Å². The number of likely N-dealkylation sites (tertiary alicyclic amines) is 1. The Bertz CT molecular complexity index is 993. The molecular weight excluding hydrogens is 366 g/mol. The number of nitrogens with zero attached hydrogens (tertiary/aromatic N) is 4. The Hall–Kier alpha value is -3.22. The summed E-state index contributed by atoms with van der Waals surface area (Å²) >= 11 is 0. The molecule has 0 aliphatic carbocycles. The van der Waals surface area contributed by atoms with Crippen LogP contribution in [-0.4, -0.2) is 50.9 Å². The number of fused-ring (bicyclic) bond motifs is 1. The lowest BCUT2D eigenvalue weighted by Gasteiger charge is -2.17. The zero-order valence-corrected chi connectivity index (χ0v) is 16.4. The van der Waals surface area contributed by atoms with E-state index in [1.807, 2.05) is 33.7 Å². The van der Waals surface area contributed by atoms with Gasteiger partial charge in [-0.15, -0.1) is 0 Å². The normalized spacial score (nSPS) is 13.7. The van der Waals surface area contributed by atoms with Gasteiger partial charge >= 0.3 is 0 Å². The van der Waals surface area contributed by atoms with Crippen molar-refractivity contribution in [3.8, 4) is 0 Å². The van der Waals surface area contributed by atoms with Crippen molar-refractivity contribution in [3.63, 3.8) is 0 Å². The van der Waals surface area contributed by atoms with E-state index in [-0.39, 0.29) is 11.8 Å². The number of hydrogen-bond donors (Lipinski definition) is 1. The Morgan fingerprint density at radius 1 is 1.03 bits per heavy atom. The summed E-state index contributed by atoms with van der Waals surface area (Å²) in [6.45, 7) is 2.54. The highest BCUT2D eigenvalue weighted by atomic mass is 16.2. The largest absolute Gasteiger partial charge is 0.351 e. The molecule has 1 aromatic carbocycles. The Balaban J connectivity index is 1.41. The van der Waals surface area contributed by atoms with Gasteiger partial charge in [0.2, 0.25) is 5.91 Å². The number of rotatable bonds is 7. The molecule has 0 bridgehead atoms. The Kier molecular flexibility index (Phi) is 5.84. The topological polar surface area (TPSA) is 80.1 Å². The first kappa shape index (κ1) is 19.1. The molecule has 3 aromatic rings. The average Bonchev–Trinajstić information content (AvgIpc) is 3.41. The van der Waals surface area contributed by atoms with Gasteiger partial charge in [-0.1, -0.05) is 18.2 Å². The number of pyridine rings is 1. The van der Waals surface area contributed by atoms with Crippen molar-refractivity contribution in [1.29, 1.82) is 0 Å². The number of imidazole rings is 1. The van der Waals surface area contributed by atoms with Crippen LogP contribution < -0.4 is 5.32 Å². The second kappa shape index (κ2) is 8.86. The molecule has 7 nitrogen and oxygen atoms in total. The third kappa shape index (κ3) is 4.45. The molecule has 1 fully saturated rings. The molecule has 7 heteroatoms. The van der Waals surface area contributed by atoms with E-state index in [0.717, 1.165) is 49.2 Å². The number of aromatic nitrogens is 3. The first-order valence-corrected chi connectivity index (χ1v) is 10.1. The number of carbonyl (C=O) groups is 2. The zero-order chi connectivity index (χ0) is 20.1. The van der Waals surface area contributed by atoms with Crippen molar-refractivity contribution >= 4 is 22.8 Å².